The van der Waals surface area contributed by atoms with E-state index in [9.17, 15) is 9.59 Å². The van der Waals surface area contributed by atoms with Crippen molar-refractivity contribution in [3.05, 3.63) is 65.7 Å². The van der Waals surface area contributed by atoms with Gasteiger partial charge in [0, 0.05) is 39.5 Å². The summed E-state index contributed by atoms with van der Waals surface area (Å²) in [7, 11) is 1.64. The van der Waals surface area contributed by atoms with E-state index in [4.69, 9.17) is 9.84 Å². The van der Waals surface area contributed by atoms with Crippen molar-refractivity contribution in [1.82, 2.24) is 14.8 Å². The molecule has 0 N–H and O–H groups in total. The molecule has 7 heteroatoms. The van der Waals surface area contributed by atoms with Crippen molar-refractivity contribution >= 4 is 17.5 Å². The third-order valence-electron chi connectivity index (χ3n) is 5.95. The number of amides is 2. The van der Waals surface area contributed by atoms with E-state index in [1.54, 1.807) is 19.0 Å². The lowest BCUT2D eigenvalue weighted by Gasteiger charge is -2.34. The standard InChI is InChI=1S/C24H28N4O3/c1-18(29)27-14-12-26(13-15-27)17-24(30)28-23(20-8-10-21(31-2)11-9-20)16-22(25-28)19-6-4-3-5-7-19/h3-11,23H,12-17H2,1-2H3/t23-/m0/s1. The lowest BCUT2D eigenvalue weighted by molar-refractivity contribution is -0.135. The number of piperazine rings is 1. The molecule has 0 aromatic heterocycles. The van der Waals surface area contributed by atoms with Crippen molar-refractivity contribution in [2.45, 2.75) is 19.4 Å². The molecular formula is C24H28N4O3. The monoisotopic (exact) mass is 420 g/mol. The van der Waals surface area contributed by atoms with Crippen LogP contribution in [0.1, 0.15) is 30.5 Å². The first-order valence-electron chi connectivity index (χ1n) is 10.6. The topological polar surface area (TPSA) is 65.5 Å². The van der Waals surface area contributed by atoms with E-state index >= 15 is 0 Å². The molecule has 2 aromatic carbocycles. The summed E-state index contributed by atoms with van der Waals surface area (Å²) in [5.74, 6) is 0.845. The molecule has 0 radical (unpaired) electrons. The van der Waals surface area contributed by atoms with Crippen LogP contribution >= 0.6 is 0 Å². The average molecular weight is 421 g/mol. The molecule has 0 saturated carbocycles. The van der Waals surface area contributed by atoms with Crippen molar-refractivity contribution in [3.8, 4) is 5.75 Å². The maximum atomic E-state index is 13.3. The summed E-state index contributed by atoms with van der Waals surface area (Å²) in [5, 5.41) is 6.39. The molecule has 2 heterocycles. The molecule has 0 unspecified atom stereocenters. The van der Waals surface area contributed by atoms with Gasteiger partial charge in [-0.05, 0) is 23.3 Å². The number of hydrazone groups is 1. The van der Waals surface area contributed by atoms with Crippen molar-refractivity contribution in [3.63, 3.8) is 0 Å². The van der Waals surface area contributed by atoms with Gasteiger partial charge in [-0.15, -0.1) is 0 Å². The molecule has 0 bridgehead atoms. The number of hydrogen-bond acceptors (Lipinski definition) is 5. The fourth-order valence-corrected chi connectivity index (χ4v) is 4.12. The van der Waals surface area contributed by atoms with Gasteiger partial charge in [-0.2, -0.15) is 5.10 Å². The normalized spacial score (nSPS) is 19.3. The van der Waals surface area contributed by atoms with E-state index in [2.05, 4.69) is 4.90 Å². The summed E-state index contributed by atoms with van der Waals surface area (Å²) in [4.78, 5) is 28.8. The molecule has 2 aliphatic rings. The van der Waals surface area contributed by atoms with Gasteiger partial charge in [0.25, 0.3) is 5.91 Å². The van der Waals surface area contributed by atoms with Crippen molar-refractivity contribution in [1.29, 1.82) is 0 Å². The highest BCUT2D eigenvalue weighted by molar-refractivity contribution is 6.03. The zero-order valence-corrected chi connectivity index (χ0v) is 18.0. The zero-order chi connectivity index (χ0) is 21.8. The largest absolute Gasteiger partial charge is 0.497 e. The SMILES string of the molecule is COc1ccc([C@@H]2CC(c3ccccc3)=NN2C(=O)CN2CCN(C(C)=O)CC2)cc1. The van der Waals surface area contributed by atoms with Crippen LogP contribution in [0.3, 0.4) is 0 Å². The van der Waals surface area contributed by atoms with E-state index in [-0.39, 0.29) is 17.9 Å². The summed E-state index contributed by atoms with van der Waals surface area (Å²) in [6, 6.07) is 17.7. The molecule has 4 rings (SSSR count). The molecular weight excluding hydrogens is 392 g/mol. The Hall–Kier alpha value is -3.19. The highest BCUT2D eigenvalue weighted by Crippen LogP contribution is 2.33. The predicted octanol–water partition coefficient (Wildman–Crippen LogP) is 2.54. The molecule has 2 aromatic rings. The van der Waals surface area contributed by atoms with Crippen LogP contribution in [0.25, 0.3) is 0 Å². The third kappa shape index (κ3) is 4.77. The van der Waals surface area contributed by atoms with Gasteiger partial charge in [0.1, 0.15) is 5.75 Å². The van der Waals surface area contributed by atoms with Gasteiger partial charge in [-0.25, -0.2) is 5.01 Å². The minimum absolute atomic E-state index is 0.0250. The van der Waals surface area contributed by atoms with Gasteiger partial charge < -0.3 is 9.64 Å². The van der Waals surface area contributed by atoms with E-state index < -0.39 is 0 Å². The van der Waals surface area contributed by atoms with Crippen LogP contribution in [0.5, 0.6) is 5.75 Å². The zero-order valence-electron chi connectivity index (χ0n) is 18.0. The lowest BCUT2D eigenvalue weighted by Crippen LogP contribution is -2.50. The minimum atomic E-state index is -0.146. The van der Waals surface area contributed by atoms with Crippen LogP contribution in [0.4, 0.5) is 0 Å². The molecule has 2 amide bonds. The molecule has 1 saturated heterocycles. The Kier molecular flexibility index (Phi) is 6.32. The fourth-order valence-electron chi connectivity index (χ4n) is 4.12. The molecule has 162 valence electrons. The number of hydrogen-bond donors (Lipinski definition) is 0. The Labute approximate surface area is 182 Å². The molecule has 2 aliphatic heterocycles. The van der Waals surface area contributed by atoms with Crippen molar-refractivity contribution in [2.75, 3.05) is 39.8 Å². The number of rotatable bonds is 5. The molecule has 7 nitrogen and oxygen atoms in total. The maximum absolute atomic E-state index is 13.3. The Morgan fingerprint density at radius 1 is 1.00 bits per heavy atom. The quantitative estimate of drug-likeness (QED) is 0.746. The van der Waals surface area contributed by atoms with Gasteiger partial charge in [-0.3, -0.25) is 14.5 Å². The van der Waals surface area contributed by atoms with Gasteiger partial charge in [0.15, 0.2) is 0 Å². The van der Waals surface area contributed by atoms with Crippen molar-refractivity contribution < 1.29 is 14.3 Å². The third-order valence-corrected chi connectivity index (χ3v) is 5.95. The van der Waals surface area contributed by atoms with Crippen molar-refractivity contribution in [2.24, 2.45) is 5.10 Å². The van der Waals surface area contributed by atoms with Crippen LogP contribution in [0.2, 0.25) is 0 Å². The first kappa shape index (κ1) is 21.1. The van der Waals surface area contributed by atoms with E-state index in [0.717, 1.165) is 22.6 Å². The van der Waals surface area contributed by atoms with Gasteiger partial charge >= 0.3 is 0 Å². The number of nitrogens with zero attached hydrogens (tertiary/aromatic N) is 4. The molecule has 1 atom stereocenters. The Morgan fingerprint density at radius 2 is 1.68 bits per heavy atom. The lowest BCUT2D eigenvalue weighted by atomic mass is 9.98. The Balaban J connectivity index is 1.52. The van der Waals surface area contributed by atoms with Gasteiger partial charge in [0.2, 0.25) is 5.91 Å². The van der Waals surface area contributed by atoms with E-state index in [0.29, 0.717) is 39.1 Å². The molecule has 1 fully saturated rings. The van der Waals surface area contributed by atoms with E-state index in [1.165, 1.54) is 0 Å². The molecule has 0 aliphatic carbocycles. The predicted molar refractivity (Wildman–Crippen MR) is 119 cm³/mol. The summed E-state index contributed by atoms with van der Waals surface area (Å²) in [5.41, 5.74) is 2.98. The van der Waals surface area contributed by atoms with Gasteiger partial charge in [-0.1, -0.05) is 42.5 Å². The Morgan fingerprint density at radius 3 is 2.29 bits per heavy atom. The highest BCUT2D eigenvalue weighted by Gasteiger charge is 2.34. The average Bonchev–Trinajstić information content (AvgIpc) is 3.26. The second-order valence-corrected chi connectivity index (χ2v) is 7.93. The number of benzene rings is 2. The molecule has 0 spiro atoms. The first-order chi connectivity index (χ1) is 15.0. The maximum Gasteiger partial charge on any atom is 0.257 e. The summed E-state index contributed by atoms with van der Waals surface area (Å²) < 4.78 is 5.28. The highest BCUT2D eigenvalue weighted by atomic mass is 16.5. The second kappa shape index (κ2) is 9.31. The number of methoxy groups -OCH3 is 1. The van der Waals surface area contributed by atoms with Crippen LogP contribution in [-0.2, 0) is 9.59 Å². The smallest absolute Gasteiger partial charge is 0.257 e. The van der Waals surface area contributed by atoms with Crippen LogP contribution < -0.4 is 4.74 Å². The number of carbonyl (C=O) groups is 2. The van der Waals surface area contributed by atoms with Gasteiger partial charge in [0.05, 0.1) is 25.4 Å². The van der Waals surface area contributed by atoms with E-state index in [1.807, 2.05) is 59.5 Å². The van der Waals surface area contributed by atoms with Crippen LogP contribution in [0, 0.1) is 0 Å². The first-order valence-corrected chi connectivity index (χ1v) is 10.6. The number of carbonyl (C=O) groups excluding carboxylic acids is 2. The second-order valence-electron chi connectivity index (χ2n) is 7.93. The fraction of sp³-hybridized carbons (Fsp3) is 0.375. The number of ether oxygens (including phenoxy) is 1. The van der Waals surface area contributed by atoms with Crippen LogP contribution in [-0.4, -0.2) is 72.2 Å². The summed E-state index contributed by atoms with van der Waals surface area (Å²) >= 11 is 0. The molecule has 31 heavy (non-hydrogen) atoms. The minimum Gasteiger partial charge on any atom is -0.497 e. The summed E-state index contributed by atoms with van der Waals surface area (Å²) in [6.45, 7) is 4.59. The summed E-state index contributed by atoms with van der Waals surface area (Å²) in [6.07, 6.45) is 0.667. The van der Waals surface area contributed by atoms with Crippen LogP contribution in [0.15, 0.2) is 59.7 Å². The Bertz CT molecular complexity index is 951.